The van der Waals surface area contributed by atoms with Crippen LogP contribution in [0.4, 0.5) is 0 Å². The maximum atomic E-state index is 13.1. The van der Waals surface area contributed by atoms with E-state index in [9.17, 15) is 9.59 Å². The normalized spacial score (nSPS) is 12.2. The molecule has 1 atom stereocenters. The highest BCUT2D eigenvalue weighted by Crippen LogP contribution is 2.26. The highest BCUT2D eigenvalue weighted by Gasteiger charge is 2.28. The molecule has 0 heterocycles. The van der Waals surface area contributed by atoms with Crippen molar-refractivity contribution >= 4 is 27.7 Å². The topological polar surface area (TPSA) is 58.6 Å². The molecule has 2 rings (SSSR count). The third kappa shape index (κ3) is 7.69. The fourth-order valence-corrected chi connectivity index (χ4v) is 3.59. The van der Waals surface area contributed by atoms with E-state index in [0.717, 1.165) is 22.0 Å². The number of halogens is 1. The second-order valence-corrected chi connectivity index (χ2v) is 9.68. The Labute approximate surface area is 194 Å². The van der Waals surface area contributed by atoms with Crippen molar-refractivity contribution in [3.63, 3.8) is 0 Å². The molecule has 0 fully saturated rings. The van der Waals surface area contributed by atoms with Crippen LogP contribution in [0.3, 0.4) is 0 Å². The number of hydrogen-bond acceptors (Lipinski definition) is 3. The van der Waals surface area contributed by atoms with Gasteiger partial charge in [-0.1, -0.05) is 42.8 Å². The summed E-state index contributed by atoms with van der Waals surface area (Å²) in [7, 11) is 0. The van der Waals surface area contributed by atoms with Gasteiger partial charge in [0, 0.05) is 12.1 Å². The van der Waals surface area contributed by atoms with Gasteiger partial charge >= 0.3 is 0 Å². The van der Waals surface area contributed by atoms with Crippen LogP contribution in [0, 0.1) is 6.92 Å². The summed E-state index contributed by atoms with van der Waals surface area (Å²) in [4.78, 5) is 27.5. The maximum Gasteiger partial charge on any atom is 0.261 e. The highest BCUT2D eigenvalue weighted by atomic mass is 79.9. The minimum absolute atomic E-state index is 0.150. The maximum absolute atomic E-state index is 13.1. The summed E-state index contributed by atoms with van der Waals surface area (Å²) in [5.74, 6) is 0.165. The molecule has 0 saturated heterocycles. The summed E-state index contributed by atoms with van der Waals surface area (Å²) in [6.07, 6.45) is 0.919. The minimum atomic E-state index is -0.637. The molecular weight excluding hydrogens is 456 g/mol. The van der Waals surface area contributed by atoms with E-state index in [1.165, 1.54) is 5.56 Å². The zero-order valence-electron chi connectivity index (χ0n) is 19.3. The Balaban J connectivity index is 2.18. The van der Waals surface area contributed by atoms with Crippen LogP contribution in [0.2, 0.25) is 0 Å². The van der Waals surface area contributed by atoms with Gasteiger partial charge in [-0.3, -0.25) is 9.59 Å². The number of carbonyl (C=O) groups is 2. The summed E-state index contributed by atoms with van der Waals surface area (Å²) in [5.41, 5.74) is 2.90. The quantitative estimate of drug-likeness (QED) is 0.566. The second-order valence-electron chi connectivity index (χ2n) is 8.83. The number of nitrogens with one attached hydrogen (secondary N) is 1. The third-order valence-corrected chi connectivity index (χ3v) is 5.51. The molecule has 31 heavy (non-hydrogen) atoms. The van der Waals surface area contributed by atoms with Crippen LogP contribution in [0.5, 0.6) is 5.75 Å². The predicted octanol–water partition coefficient (Wildman–Crippen LogP) is 5.03. The zero-order valence-corrected chi connectivity index (χ0v) is 20.9. The average molecular weight is 489 g/mol. The van der Waals surface area contributed by atoms with Gasteiger partial charge in [0.1, 0.15) is 11.8 Å². The first-order valence-corrected chi connectivity index (χ1v) is 11.4. The Bertz CT molecular complexity index is 904. The lowest BCUT2D eigenvalue weighted by Gasteiger charge is -2.31. The van der Waals surface area contributed by atoms with E-state index in [0.29, 0.717) is 12.3 Å². The molecule has 0 aromatic heterocycles. The Morgan fingerprint density at radius 3 is 2.26 bits per heavy atom. The molecule has 1 N–H and O–H groups in total. The first-order valence-electron chi connectivity index (χ1n) is 10.6. The number of nitrogens with zero attached hydrogens (tertiary/aromatic N) is 1. The van der Waals surface area contributed by atoms with Crippen LogP contribution in [-0.4, -0.2) is 34.9 Å². The molecule has 2 amide bonds. The van der Waals surface area contributed by atoms with E-state index in [2.05, 4.69) is 28.2 Å². The number of ether oxygens (including phenoxy) is 1. The van der Waals surface area contributed by atoms with Gasteiger partial charge in [0.05, 0.1) is 4.47 Å². The summed E-state index contributed by atoms with van der Waals surface area (Å²) in [6.45, 7) is 11.8. The van der Waals surface area contributed by atoms with Crippen molar-refractivity contribution < 1.29 is 14.3 Å². The van der Waals surface area contributed by atoms with Crippen LogP contribution in [0.25, 0.3) is 0 Å². The molecule has 0 bridgehead atoms. The molecule has 0 aliphatic carbocycles. The average Bonchev–Trinajstić information content (AvgIpc) is 2.70. The van der Waals surface area contributed by atoms with Crippen molar-refractivity contribution in [1.82, 2.24) is 10.2 Å². The van der Waals surface area contributed by atoms with Crippen molar-refractivity contribution in [3.8, 4) is 5.75 Å². The van der Waals surface area contributed by atoms with E-state index in [1.54, 1.807) is 11.8 Å². The van der Waals surface area contributed by atoms with Gasteiger partial charge in [0.2, 0.25) is 5.91 Å². The minimum Gasteiger partial charge on any atom is -0.483 e. The van der Waals surface area contributed by atoms with Gasteiger partial charge in [0.15, 0.2) is 6.61 Å². The third-order valence-electron chi connectivity index (χ3n) is 4.89. The van der Waals surface area contributed by atoms with Crippen LogP contribution >= 0.6 is 15.9 Å². The Hall–Kier alpha value is -2.34. The lowest BCUT2D eigenvalue weighted by molar-refractivity contribution is -0.142. The van der Waals surface area contributed by atoms with Crippen LogP contribution in [0.15, 0.2) is 46.9 Å². The Morgan fingerprint density at radius 1 is 1.10 bits per heavy atom. The van der Waals surface area contributed by atoms with Crippen molar-refractivity contribution in [3.05, 3.63) is 63.6 Å². The standard InChI is InChI=1S/C25H33BrN2O3/c1-7-19-12-13-22(21(26)14-19)31-16-23(29)28(15-20-10-8-17(2)9-11-20)18(3)24(30)27-25(4,5)6/h8-14,18H,7,15-16H2,1-6H3,(H,27,30)/t18-/m0/s1. The highest BCUT2D eigenvalue weighted by molar-refractivity contribution is 9.10. The largest absolute Gasteiger partial charge is 0.483 e. The fraction of sp³-hybridized carbons (Fsp3) is 0.440. The monoisotopic (exact) mass is 488 g/mol. The molecule has 0 saturated carbocycles. The lowest BCUT2D eigenvalue weighted by atomic mass is 10.1. The molecular formula is C25H33BrN2O3. The van der Waals surface area contributed by atoms with Gasteiger partial charge < -0.3 is 15.0 Å². The molecule has 2 aromatic carbocycles. The molecule has 0 spiro atoms. The predicted molar refractivity (Wildman–Crippen MR) is 128 cm³/mol. The molecule has 5 nitrogen and oxygen atoms in total. The fourth-order valence-electron chi connectivity index (χ4n) is 3.05. The van der Waals surface area contributed by atoms with Crippen molar-refractivity contribution in [1.29, 1.82) is 0 Å². The number of amides is 2. The summed E-state index contributed by atoms with van der Waals surface area (Å²) in [5, 5.41) is 2.96. The first kappa shape index (κ1) is 24.9. The molecule has 0 radical (unpaired) electrons. The van der Waals surface area contributed by atoms with E-state index in [-0.39, 0.29) is 24.0 Å². The van der Waals surface area contributed by atoms with Crippen molar-refractivity contribution in [2.75, 3.05) is 6.61 Å². The van der Waals surface area contributed by atoms with Gasteiger partial charge in [-0.05, 0) is 80.2 Å². The molecule has 0 aliphatic heterocycles. The van der Waals surface area contributed by atoms with Gasteiger partial charge in [-0.15, -0.1) is 0 Å². The number of benzene rings is 2. The van der Waals surface area contributed by atoms with Crippen molar-refractivity contribution in [2.45, 2.75) is 66.1 Å². The first-order chi connectivity index (χ1) is 14.5. The van der Waals surface area contributed by atoms with Gasteiger partial charge in [0.25, 0.3) is 5.91 Å². The molecule has 2 aromatic rings. The summed E-state index contributed by atoms with van der Waals surface area (Å²) in [6, 6.07) is 13.1. The van der Waals surface area contributed by atoms with E-state index in [1.807, 2.05) is 70.2 Å². The van der Waals surface area contributed by atoms with Gasteiger partial charge in [-0.2, -0.15) is 0 Å². The number of hydrogen-bond donors (Lipinski definition) is 1. The number of rotatable bonds is 8. The molecule has 168 valence electrons. The second kappa shape index (κ2) is 10.8. The Morgan fingerprint density at radius 2 is 1.71 bits per heavy atom. The number of aryl methyl sites for hydroxylation is 2. The molecule has 0 unspecified atom stereocenters. The van der Waals surface area contributed by atoms with Crippen LogP contribution < -0.4 is 10.1 Å². The smallest absolute Gasteiger partial charge is 0.261 e. The number of carbonyl (C=O) groups excluding carboxylic acids is 2. The van der Waals surface area contributed by atoms with E-state index >= 15 is 0 Å². The van der Waals surface area contributed by atoms with Crippen LogP contribution in [-0.2, 0) is 22.6 Å². The molecule has 0 aliphatic rings. The van der Waals surface area contributed by atoms with Gasteiger partial charge in [-0.25, -0.2) is 0 Å². The molecule has 6 heteroatoms. The summed E-state index contributed by atoms with van der Waals surface area (Å²) < 4.78 is 6.61. The Kier molecular flexibility index (Phi) is 8.69. The van der Waals surface area contributed by atoms with E-state index < -0.39 is 6.04 Å². The lowest BCUT2D eigenvalue weighted by Crippen LogP contribution is -2.53. The van der Waals surface area contributed by atoms with E-state index in [4.69, 9.17) is 4.74 Å². The van der Waals surface area contributed by atoms with Crippen LogP contribution in [0.1, 0.15) is 51.3 Å². The zero-order chi connectivity index (χ0) is 23.2. The summed E-state index contributed by atoms with van der Waals surface area (Å²) >= 11 is 3.51. The SMILES string of the molecule is CCc1ccc(OCC(=O)N(Cc2ccc(C)cc2)[C@@H](C)C(=O)NC(C)(C)C)c(Br)c1. The van der Waals surface area contributed by atoms with Crippen molar-refractivity contribution in [2.24, 2.45) is 0 Å².